The molecule has 1 aliphatic rings. The molecular formula is C12H16N2O. The van der Waals surface area contributed by atoms with E-state index in [0.717, 1.165) is 17.8 Å². The molecule has 1 unspecified atom stereocenters. The van der Waals surface area contributed by atoms with Crippen molar-refractivity contribution >= 4 is 11.6 Å². The lowest BCUT2D eigenvalue weighted by atomic mass is 10.1. The molecule has 0 saturated carbocycles. The van der Waals surface area contributed by atoms with Crippen molar-refractivity contribution in [2.45, 2.75) is 19.9 Å². The number of hydrogen-bond acceptors (Lipinski definition) is 2. The van der Waals surface area contributed by atoms with Gasteiger partial charge in [-0.1, -0.05) is 32.0 Å². The predicted molar refractivity (Wildman–Crippen MR) is 60.6 cm³/mol. The summed E-state index contributed by atoms with van der Waals surface area (Å²) in [6.07, 6.45) is 0. The Morgan fingerprint density at radius 1 is 1.40 bits per heavy atom. The third-order valence-corrected chi connectivity index (χ3v) is 2.64. The average Bonchev–Trinajstić information content (AvgIpc) is 2.44. The van der Waals surface area contributed by atoms with Crippen LogP contribution in [0.5, 0.6) is 0 Å². The number of fused-ring (bicyclic) bond motifs is 1. The van der Waals surface area contributed by atoms with Crippen molar-refractivity contribution in [2.75, 3.05) is 11.4 Å². The normalized spacial score (nSPS) is 19.9. The van der Waals surface area contributed by atoms with Gasteiger partial charge in [0.05, 0.1) is 0 Å². The van der Waals surface area contributed by atoms with Crippen LogP contribution in [0.15, 0.2) is 24.3 Å². The SMILES string of the molecule is CC(C)CN1C(=O)C(N)c2ccccc21. The molecule has 1 amide bonds. The molecule has 0 saturated heterocycles. The summed E-state index contributed by atoms with van der Waals surface area (Å²) >= 11 is 0. The highest BCUT2D eigenvalue weighted by molar-refractivity contribution is 6.04. The Labute approximate surface area is 89.9 Å². The van der Waals surface area contributed by atoms with E-state index in [1.165, 1.54) is 0 Å². The van der Waals surface area contributed by atoms with Crippen LogP contribution in [0, 0.1) is 5.92 Å². The van der Waals surface area contributed by atoms with E-state index in [0.29, 0.717) is 5.92 Å². The molecule has 0 spiro atoms. The van der Waals surface area contributed by atoms with Crippen LogP contribution in [0.1, 0.15) is 25.5 Å². The fraction of sp³-hybridized carbons (Fsp3) is 0.417. The summed E-state index contributed by atoms with van der Waals surface area (Å²) in [6.45, 7) is 4.93. The monoisotopic (exact) mass is 204 g/mol. The van der Waals surface area contributed by atoms with Gasteiger partial charge in [0.15, 0.2) is 0 Å². The molecule has 3 nitrogen and oxygen atoms in total. The van der Waals surface area contributed by atoms with E-state index in [4.69, 9.17) is 5.73 Å². The maximum absolute atomic E-state index is 11.9. The number of amides is 1. The van der Waals surface area contributed by atoms with E-state index >= 15 is 0 Å². The van der Waals surface area contributed by atoms with Crippen LogP contribution in [0.2, 0.25) is 0 Å². The van der Waals surface area contributed by atoms with E-state index in [9.17, 15) is 4.79 Å². The first-order chi connectivity index (χ1) is 7.11. The van der Waals surface area contributed by atoms with Gasteiger partial charge in [0, 0.05) is 17.8 Å². The number of rotatable bonds is 2. The lowest BCUT2D eigenvalue weighted by Crippen LogP contribution is -2.34. The van der Waals surface area contributed by atoms with Crippen molar-refractivity contribution in [3.05, 3.63) is 29.8 Å². The summed E-state index contributed by atoms with van der Waals surface area (Å²) in [5.41, 5.74) is 7.79. The minimum absolute atomic E-state index is 0.0184. The molecule has 2 rings (SSSR count). The highest BCUT2D eigenvalue weighted by Gasteiger charge is 2.34. The number of nitrogens with zero attached hydrogens (tertiary/aromatic N) is 1. The van der Waals surface area contributed by atoms with Crippen molar-refractivity contribution < 1.29 is 4.79 Å². The van der Waals surface area contributed by atoms with Crippen LogP contribution in [0.25, 0.3) is 0 Å². The van der Waals surface area contributed by atoms with Crippen LogP contribution >= 0.6 is 0 Å². The van der Waals surface area contributed by atoms with Gasteiger partial charge in [-0.25, -0.2) is 0 Å². The second-order valence-corrected chi connectivity index (χ2v) is 4.38. The quantitative estimate of drug-likeness (QED) is 0.796. The smallest absolute Gasteiger partial charge is 0.248 e. The van der Waals surface area contributed by atoms with Gasteiger partial charge in [-0.3, -0.25) is 4.79 Å². The second-order valence-electron chi connectivity index (χ2n) is 4.38. The Kier molecular flexibility index (Phi) is 2.49. The fourth-order valence-corrected chi connectivity index (χ4v) is 1.97. The van der Waals surface area contributed by atoms with Crippen molar-refractivity contribution in [3.8, 4) is 0 Å². The van der Waals surface area contributed by atoms with E-state index in [1.54, 1.807) is 4.90 Å². The number of hydrogen-bond donors (Lipinski definition) is 1. The number of anilines is 1. The van der Waals surface area contributed by atoms with Gasteiger partial charge in [-0.15, -0.1) is 0 Å². The fourth-order valence-electron chi connectivity index (χ4n) is 1.97. The van der Waals surface area contributed by atoms with E-state index in [2.05, 4.69) is 13.8 Å². The van der Waals surface area contributed by atoms with Crippen LogP contribution in [0.3, 0.4) is 0 Å². The van der Waals surface area contributed by atoms with Gasteiger partial charge >= 0.3 is 0 Å². The molecule has 15 heavy (non-hydrogen) atoms. The van der Waals surface area contributed by atoms with Crippen LogP contribution in [0.4, 0.5) is 5.69 Å². The van der Waals surface area contributed by atoms with Gasteiger partial charge in [-0.2, -0.15) is 0 Å². The molecule has 1 aromatic rings. The van der Waals surface area contributed by atoms with E-state index in [-0.39, 0.29) is 5.91 Å². The molecule has 1 heterocycles. The number of carbonyl (C=O) groups excluding carboxylic acids is 1. The van der Waals surface area contributed by atoms with Crippen molar-refractivity contribution in [1.29, 1.82) is 0 Å². The Balaban J connectivity index is 2.38. The summed E-state index contributed by atoms with van der Waals surface area (Å²) in [5, 5.41) is 0. The molecule has 80 valence electrons. The number of carbonyl (C=O) groups is 1. The number of para-hydroxylation sites is 1. The largest absolute Gasteiger partial charge is 0.316 e. The molecule has 0 aromatic heterocycles. The maximum Gasteiger partial charge on any atom is 0.248 e. The Morgan fingerprint density at radius 2 is 2.07 bits per heavy atom. The van der Waals surface area contributed by atoms with Gasteiger partial charge in [0.2, 0.25) is 5.91 Å². The first-order valence-electron chi connectivity index (χ1n) is 5.27. The molecule has 0 aliphatic carbocycles. The van der Waals surface area contributed by atoms with Crippen molar-refractivity contribution in [1.82, 2.24) is 0 Å². The third-order valence-electron chi connectivity index (χ3n) is 2.64. The lowest BCUT2D eigenvalue weighted by molar-refractivity contribution is -0.119. The highest BCUT2D eigenvalue weighted by Crippen LogP contribution is 2.34. The van der Waals surface area contributed by atoms with E-state index < -0.39 is 6.04 Å². The van der Waals surface area contributed by atoms with Crippen LogP contribution < -0.4 is 10.6 Å². The summed E-state index contributed by atoms with van der Waals surface area (Å²) in [5.74, 6) is 0.470. The van der Waals surface area contributed by atoms with Crippen molar-refractivity contribution in [2.24, 2.45) is 11.7 Å². The Hall–Kier alpha value is -1.35. The minimum Gasteiger partial charge on any atom is -0.316 e. The first-order valence-corrected chi connectivity index (χ1v) is 5.27. The first kappa shape index (κ1) is 10.2. The molecule has 3 heteroatoms. The van der Waals surface area contributed by atoms with Gasteiger partial charge in [-0.05, 0) is 12.0 Å². The zero-order valence-corrected chi connectivity index (χ0v) is 9.10. The molecular weight excluding hydrogens is 188 g/mol. The summed E-state index contributed by atoms with van der Waals surface area (Å²) < 4.78 is 0. The van der Waals surface area contributed by atoms with Gasteiger partial charge in [0.25, 0.3) is 0 Å². The zero-order chi connectivity index (χ0) is 11.0. The zero-order valence-electron chi connectivity index (χ0n) is 9.10. The predicted octanol–water partition coefficient (Wildman–Crippen LogP) is 1.69. The van der Waals surface area contributed by atoms with Crippen molar-refractivity contribution in [3.63, 3.8) is 0 Å². The Morgan fingerprint density at radius 3 is 2.73 bits per heavy atom. The number of nitrogens with two attached hydrogens (primary N) is 1. The number of benzene rings is 1. The summed E-state index contributed by atoms with van der Waals surface area (Å²) in [6, 6.07) is 7.28. The maximum atomic E-state index is 11.9. The van der Waals surface area contributed by atoms with E-state index in [1.807, 2.05) is 24.3 Å². The summed E-state index contributed by atoms with van der Waals surface area (Å²) in [7, 11) is 0. The molecule has 1 aliphatic heterocycles. The van der Waals surface area contributed by atoms with Crippen LogP contribution in [-0.2, 0) is 4.79 Å². The standard InChI is InChI=1S/C12H16N2O/c1-8(2)7-14-10-6-4-3-5-9(10)11(13)12(14)15/h3-6,8,11H,7,13H2,1-2H3. The Bertz CT molecular complexity index is 387. The molecule has 0 bridgehead atoms. The van der Waals surface area contributed by atoms with Gasteiger partial charge < -0.3 is 10.6 Å². The lowest BCUT2D eigenvalue weighted by Gasteiger charge is -2.19. The molecule has 2 N–H and O–H groups in total. The minimum atomic E-state index is -0.472. The summed E-state index contributed by atoms with van der Waals surface area (Å²) in [4.78, 5) is 13.7. The molecule has 0 fully saturated rings. The molecule has 1 atom stereocenters. The van der Waals surface area contributed by atoms with Gasteiger partial charge in [0.1, 0.15) is 6.04 Å². The highest BCUT2D eigenvalue weighted by atomic mass is 16.2. The average molecular weight is 204 g/mol. The molecule has 1 aromatic carbocycles. The molecule has 0 radical (unpaired) electrons. The van der Waals surface area contributed by atoms with Crippen LogP contribution in [-0.4, -0.2) is 12.5 Å². The topological polar surface area (TPSA) is 46.3 Å². The second kappa shape index (κ2) is 3.66. The third kappa shape index (κ3) is 1.63.